The number of H-pyrrole nitrogens is 1. The summed E-state index contributed by atoms with van der Waals surface area (Å²) in [6, 6.07) is 4.61. The number of pyridine rings is 1. The zero-order chi connectivity index (χ0) is 74.6. The number of esters is 1. The van der Waals surface area contributed by atoms with Gasteiger partial charge in [0.2, 0.25) is 33.0 Å². The Morgan fingerprint density at radius 2 is 1.45 bits per heavy atom. The summed E-state index contributed by atoms with van der Waals surface area (Å²) in [7, 11) is -2.84. The number of hydrogen-bond acceptors (Lipinski definition) is 24. The zero-order valence-electron chi connectivity index (χ0n) is 60.1. The second-order valence-corrected chi connectivity index (χ2v) is 27.4. The van der Waals surface area contributed by atoms with Crippen molar-refractivity contribution in [1.82, 2.24) is 50.3 Å². The van der Waals surface area contributed by atoms with Gasteiger partial charge < -0.3 is 95.3 Å². The number of likely N-dealkylation sites (N-methyl/N-ethyl adjacent to an activating group) is 2. The number of Topliss-reactive ketones (excluding diaryl/α,β-unsaturated/α-hetero) is 1. The number of carbonyl (C=O) groups excluding carboxylic acids is 5. The van der Waals surface area contributed by atoms with Gasteiger partial charge in [-0.3, -0.25) is 47.9 Å². The summed E-state index contributed by atoms with van der Waals surface area (Å²) in [5.41, 5.74) is 1.08. The van der Waals surface area contributed by atoms with E-state index in [1.54, 1.807) is 61.1 Å². The van der Waals surface area contributed by atoms with Crippen molar-refractivity contribution in [3.05, 3.63) is 81.4 Å². The second kappa shape index (κ2) is 50.2. The number of sulfonamides is 1. The minimum atomic E-state index is -4.48. The van der Waals surface area contributed by atoms with E-state index < -0.39 is 85.7 Å². The molecule has 36 nitrogen and oxygen atoms in total. The van der Waals surface area contributed by atoms with E-state index in [1.165, 1.54) is 46.4 Å². The maximum atomic E-state index is 13.6. The van der Waals surface area contributed by atoms with Crippen molar-refractivity contribution < 1.29 is 154 Å². The van der Waals surface area contributed by atoms with Crippen LogP contribution in [0.3, 0.4) is 0 Å². The molecule has 15 N–H and O–H groups in total. The minimum Gasteiger partial charge on any atom is -0.494 e. The van der Waals surface area contributed by atoms with Crippen molar-refractivity contribution in [2.75, 3.05) is 157 Å². The van der Waals surface area contributed by atoms with E-state index in [0.29, 0.717) is 115 Å². The average molecular weight is 1650 g/mol. The first-order chi connectivity index (χ1) is 47.2. The summed E-state index contributed by atoms with van der Waals surface area (Å²) in [6.45, 7) is 14.8. The van der Waals surface area contributed by atoms with Crippen LogP contribution in [0.15, 0.2) is 58.6 Å². The fourth-order valence-corrected chi connectivity index (χ4v) is 12.5. The van der Waals surface area contributed by atoms with E-state index in [4.69, 9.17) is 38.6 Å². The number of aryl methyl sites for hydroxylation is 3. The Balaban J connectivity index is 0.00000411. The predicted octanol–water partition coefficient (Wildman–Crippen LogP) is -1.65. The number of aliphatic carboxylic acids is 2. The molecule has 0 spiro atoms. The van der Waals surface area contributed by atoms with Crippen molar-refractivity contribution in [2.45, 2.75) is 103 Å². The Bertz CT molecular complexity index is 3530. The van der Waals surface area contributed by atoms with Crippen molar-refractivity contribution >= 4 is 78.4 Å². The maximum Gasteiger partial charge on any atom is 2.00 e. The maximum absolute atomic E-state index is 13.6. The van der Waals surface area contributed by atoms with E-state index >= 15 is 0 Å². The number of carbonyl (C=O) groups is 7. The van der Waals surface area contributed by atoms with Crippen LogP contribution in [-0.4, -0.2) is 294 Å². The first kappa shape index (κ1) is 96.7. The summed E-state index contributed by atoms with van der Waals surface area (Å²) in [6.07, 6.45) is 6.14. The monoisotopic (exact) mass is 1650 g/mol. The number of benzene rings is 2. The van der Waals surface area contributed by atoms with Crippen LogP contribution in [-0.2, 0) is 86.2 Å². The number of nitrogens with zero attached hydrogens (tertiary/aromatic N) is 5. The Kier molecular flexibility index (Phi) is 47.1. The van der Waals surface area contributed by atoms with Crippen LogP contribution in [0.25, 0.3) is 10.9 Å². The molecule has 0 aliphatic rings. The van der Waals surface area contributed by atoms with Gasteiger partial charge in [0.1, 0.15) is 36.5 Å². The van der Waals surface area contributed by atoms with Gasteiger partial charge in [-0.2, -0.15) is 13.1 Å². The third-order valence-corrected chi connectivity index (χ3v) is 17.8. The molecule has 4 aromatic rings. The molecular formula is C64H107GdN12O24S2+3. The molecule has 0 fully saturated rings. The number of rotatable bonds is 50. The van der Waals surface area contributed by atoms with Crippen molar-refractivity contribution in [3.8, 4) is 5.75 Å². The normalized spacial score (nSPS) is 12.8. The van der Waals surface area contributed by atoms with E-state index in [-0.39, 0.29) is 153 Å². The summed E-state index contributed by atoms with van der Waals surface area (Å²) >= 11 is 0. The van der Waals surface area contributed by atoms with Gasteiger partial charge in [-0.1, -0.05) is 13.0 Å². The molecule has 0 saturated heterocycles. The molecule has 0 aliphatic carbocycles. The number of aliphatic hydroxyl groups excluding tert-OH is 1. The predicted molar refractivity (Wildman–Crippen MR) is 376 cm³/mol. The number of nitrogens with one attached hydrogen (secondary N) is 7. The number of quaternary nitrogens is 1. The molecule has 0 aliphatic heterocycles. The number of ether oxygens (including phenoxy) is 6. The number of hydrogen-bond donors (Lipinski definition) is 11. The van der Waals surface area contributed by atoms with Crippen LogP contribution in [0.4, 0.5) is 5.95 Å². The Hall–Kier alpha value is -6.35. The third-order valence-electron chi connectivity index (χ3n) is 15.3. The standard InChI is InChI=1S/C52H78N10O17S2.C12H24N2O5.Gd.2H2O/c1-34(2)62(32-46(64)75-7)30-37(5)59-43(33-80(70,71)72)50(67)54-15-10-19-77-22-24-78-23-21-76-18-9-14-53-45(63)11-8-20-79-39-25-35(3)48(36(4)26-39)81(73,74)60-42(51(68)69)29-57-49(66)41-31-61(6)44-27-38(12-13-40(44)47(41)65)28-58-52-55-16-17-56-52;1-4-13(10-15)5-6-14(2,8-12(17)18)7-11(16)9-19-3;;;/h12-13,16-17,25-27,31,34,37,42-43,59-60H,8-11,14-15,18-24,28-30,32-33H2,1-7H3,(H,53,63)(H,54,67)(H,57,66)(H,68,69)(H2,55,56,58)(H,70,71,72);15H,4-10H2,1-3H3;;2*1H2/q;;+2;;/p+1/t37?,42-,43-;;;;/m0..../s1. The molecule has 584 valence electrons. The first-order valence-electron chi connectivity index (χ1n) is 32.6. The Morgan fingerprint density at radius 3 is 1.99 bits per heavy atom. The average Bonchev–Trinajstić information content (AvgIpc) is 1.33. The van der Waals surface area contributed by atoms with Crippen LogP contribution >= 0.6 is 0 Å². The molecule has 2 aromatic heterocycles. The Morgan fingerprint density at radius 1 is 0.825 bits per heavy atom. The number of carboxylic acids is 2. The molecule has 2 aromatic carbocycles. The number of carboxylic acid groups (broad SMARTS) is 2. The van der Waals surface area contributed by atoms with Crippen LogP contribution in [0, 0.1) is 53.8 Å². The number of amides is 3. The molecular weight excluding hydrogens is 1540 g/mol. The van der Waals surface area contributed by atoms with Crippen molar-refractivity contribution in [2.24, 2.45) is 7.05 Å². The molecule has 4 atom stereocenters. The van der Waals surface area contributed by atoms with Gasteiger partial charge in [0.25, 0.3) is 16.0 Å². The minimum absolute atomic E-state index is 0. The quantitative estimate of drug-likeness (QED) is 0.00775. The molecule has 2 unspecified atom stereocenters. The third kappa shape index (κ3) is 37.5. The topological polar surface area (TPSA) is 516 Å². The number of aromatic amines is 1. The van der Waals surface area contributed by atoms with Gasteiger partial charge >= 0.3 is 57.8 Å². The molecule has 4 rings (SSSR count). The largest absolute Gasteiger partial charge is 2.00 e. The second-order valence-electron chi connectivity index (χ2n) is 24.2. The van der Waals surface area contributed by atoms with Crippen LogP contribution < -0.4 is 41.5 Å². The SMILES string of the molecule is CCN(CO)CC[N+](C)(CC(=O)O)CC(=O)COC.COC(=O)CN(CC(C)N[C@@H](CS(=O)(=O)O)C(=O)NCCCOCCOCCOCCCNC(=O)CCCOc1cc(C)c(S(=O)(=O)N[C@@H](CNC(=O)c2cn(C)c3cc(CNc4ncc[nH]4)ccc3c2=O)C(=O)O)c(C)c1)C(C)C.O.O.[Gd+2]. The van der Waals surface area contributed by atoms with Gasteiger partial charge in [-0.25, -0.2) is 18.2 Å². The smallest absolute Gasteiger partial charge is 0.494 e. The molecule has 0 radical (unpaired) electrons. The van der Waals surface area contributed by atoms with E-state index in [2.05, 4.69) is 41.3 Å². The molecule has 103 heavy (non-hydrogen) atoms. The molecule has 3 amide bonds. The van der Waals surface area contributed by atoms with Crippen LogP contribution in [0.2, 0.25) is 0 Å². The Labute approximate surface area is 633 Å². The fourth-order valence-electron chi connectivity index (χ4n) is 10.2. The number of fused-ring (bicyclic) bond motifs is 1. The molecule has 2 heterocycles. The molecule has 39 heteroatoms. The fraction of sp³-hybridized carbons (Fsp3) is 0.609. The number of methoxy groups -OCH3 is 2. The summed E-state index contributed by atoms with van der Waals surface area (Å²) in [5, 5.41) is 42.2. The number of aromatic nitrogens is 3. The number of aliphatic hydroxyl groups is 1. The van der Waals surface area contributed by atoms with Gasteiger partial charge in [0.15, 0.2) is 12.5 Å². The summed E-state index contributed by atoms with van der Waals surface area (Å²) < 4.78 is 95.7. The number of imidazole rings is 1. The van der Waals surface area contributed by atoms with E-state index in [9.17, 15) is 64.9 Å². The molecule has 0 bridgehead atoms. The number of anilines is 1. The molecule has 0 saturated carbocycles. The van der Waals surface area contributed by atoms with Gasteiger partial charge in [0.05, 0.1) is 83.2 Å². The van der Waals surface area contributed by atoms with Crippen LogP contribution in [0.5, 0.6) is 5.75 Å². The van der Waals surface area contributed by atoms with Crippen LogP contribution in [0.1, 0.15) is 80.4 Å². The van der Waals surface area contributed by atoms with Gasteiger partial charge in [-0.15, -0.1) is 0 Å². The van der Waals surface area contributed by atoms with Crippen molar-refractivity contribution in [1.29, 1.82) is 0 Å². The van der Waals surface area contributed by atoms with E-state index in [0.717, 1.165) is 5.56 Å². The zero-order valence-corrected chi connectivity index (χ0v) is 64.1. The number of ketones is 1. The van der Waals surface area contributed by atoms with Gasteiger partial charge in [-0.05, 0) is 101 Å². The first-order valence-corrected chi connectivity index (χ1v) is 35.7. The van der Waals surface area contributed by atoms with Crippen molar-refractivity contribution in [3.63, 3.8) is 0 Å². The summed E-state index contributed by atoms with van der Waals surface area (Å²) in [4.78, 5) is 109. The van der Waals surface area contributed by atoms with Gasteiger partial charge in [0, 0.05) is 109 Å². The summed E-state index contributed by atoms with van der Waals surface area (Å²) in [5.74, 6) is -4.66. The van der Waals surface area contributed by atoms with E-state index in [1.807, 2.05) is 25.7 Å².